The van der Waals surface area contributed by atoms with E-state index in [9.17, 15) is 9.90 Å². The Morgan fingerprint density at radius 3 is 3.07 bits per heavy atom. The third-order valence-corrected chi connectivity index (χ3v) is 5.99. The number of hydrogen-bond donors (Lipinski definition) is 2. The van der Waals surface area contributed by atoms with Gasteiger partial charge in [-0.25, -0.2) is 9.97 Å². The Morgan fingerprint density at radius 1 is 1.28 bits per heavy atom. The Bertz CT molecular complexity index is 1210. The quantitative estimate of drug-likeness (QED) is 0.535. The zero-order chi connectivity index (χ0) is 19.8. The van der Waals surface area contributed by atoms with Crippen LogP contribution >= 0.6 is 11.3 Å². The summed E-state index contributed by atoms with van der Waals surface area (Å²) in [7, 11) is 0. The van der Waals surface area contributed by atoms with Crippen LogP contribution in [-0.2, 0) is 0 Å². The van der Waals surface area contributed by atoms with Gasteiger partial charge < -0.3 is 15.2 Å². The Hall–Kier alpha value is -3.10. The Morgan fingerprint density at radius 2 is 2.21 bits per heavy atom. The largest absolute Gasteiger partial charge is 0.488 e. The number of ether oxygens (including phenoxy) is 1. The highest BCUT2D eigenvalue weighted by atomic mass is 32.1. The molecule has 0 radical (unpaired) electrons. The molecule has 2 N–H and O–H groups in total. The molecule has 1 saturated carbocycles. The molecule has 146 valence electrons. The number of aliphatic hydroxyl groups is 1. The molecule has 29 heavy (non-hydrogen) atoms. The number of fused-ring (bicyclic) bond motifs is 2. The van der Waals surface area contributed by atoms with Gasteiger partial charge >= 0.3 is 0 Å². The van der Waals surface area contributed by atoms with Gasteiger partial charge in [0.25, 0.3) is 5.91 Å². The summed E-state index contributed by atoms with van der Waals surface area (Å²) >= 11 is 1.43. The van der Waals surface area contributed by atoms with Gasteiger partial charge in [-0.15, -0.1) is 11.3 Å². The molecular weight excluding hydrogens is 388 g/mol. The molecule has 1 fully saturated rings. The van der Waals surface area contributed by atoms with Crippen molar-refractivity contribution in [3.8, 4) is 5.75 Å². The standard InChI is InChI=1S/C21H18N4O3S/c26-13-3-4-14(7-13)28-18-8-16-12(2-1-5-23-16)6-17(18)25-21(27)15-10-29-19-9-22-11-24-20(15)19/h1-2,5-6,8-11,13-14,26H,3-4,7H2,(H,25,27)/t13?,14-/m1/s1. The number of benzene rings is 1. The molecule has 1 aromatic carbocycles. The summed E-state index contributed by atoms with van der Waals surface area (Å²) in [6.07, 6.45) is 6.52. The summed E-state index contributed by atoms with van der Waals surface area (Å²) in [6, 6.07) is 7.49. The number of thiophene rings is 1. The topological polar surface area (TPSA) is 97.2 Å². The van der Waals surface area contributed by atoms with Gasteiger partial charge in [0, 0.05) is 35.6 Å². The Labute approximate surface area is 170 Å². The SMILES string of the molecule is O=C(Nc1cc2cccnc2cc1O[C@@H]1CCC(O)C1)c1csc2cncnc12. The van der Waals surface area contributed by atoms with E-state index in [1.165, 1.54) is 17.7 Å². The number of carbonyl (C=O) groups is 1. The molecule has 0 bridgehead atoms. The fraction of sp³-hybridized carbons (Fsp3) is 0.238. The van der Waals surface area contributed by atoms with Gasteiger partial charge in [-0.1, -0.05) is 6.07 Å². The summed E-state index contributed by atoms with van der Waals surface area (Å²) in [5.41, 5.74) is 2.49. The molecule has 4 aromatic rings. The van der Waals surface area contributed by atoms with Crippen molar-refractivity contribution in [3.63, 3.8) is 0 Å². The second-order valence-corrected chi connectivity index (χ2v) is 8.00. The number of aliphatic hydroxyl groups excluding tert-OH is 1. The van der Waals surface area contributed by atoms with Crippen LogP contribution in [0.25, 0.3) is 21.1 Å². The average Bonchev–Trinajstić information content (AvgIpc) is 3.34. The van der Waals surface area contributed by atoms with Crippen molar-refractivity contribution in [2.24, 2.45) is 0 Å². The number of anilines is 1. The van der Waals surface area contributed by atoms with Crippen molar-refractivity contribution in [1.82, 2.24) is 15.0 Å². The van der Waals surface area contributed by atoms with E-state index in [4.69, 9.17) is 4.74 Å². The lowest BCUT2D eigenvalue weighted by molar-refractivity contribution is 0.102. The molecule has 3 aromatic heterocycles. The fourth-order valence-corrected chi connectivity index (χ4v) is 4.49. The summed E-state index contributed by atoms with van der Waals surface area (Å²) < 4.78 is 7.01. The monoisotopic (exact) mass is 406 g/mol. The van der Waals surface area contributed by atoms with Gasteiger partial charge in [-0.05, 0) is 25.0 Å². The fourth-order valence-electron chi connectivity index (χ4n) is 3.63. The smallest absolute Gasteiger partial charge is 0.258 e. The van der Waals surface area contributed by atoms with E-state index in [-0.39, 0.29) is 18.1 Å². The van der Waals surface area contributed by atoms with Crippen molar-refractivity contribution in [2.75, 3.05) is 5.32 Å². The first-order chi connectivity index (χ1) is 14.2. The molecule has 0 saturated heterocycles. The van der Waals surface area contributed by atoms with E-state index in [2.05, 4.69) is 20.3 Å². The first-order valence-electron chi connectivity index (χ1n) is 9.39. The lowest BCUT2D eigenvalue weighted by Gasteiger charge is -2.18. The van der Waals surface area contributed by atoms with Crippen LogP contribution in [0.3, 0.4) is 0 Å². The van der Waals surface area contributed by atoms with E-state index in [0.29, 0.717) is 28.9 Å². The van der Waals surface area contributed by atoms with Crippen molar-refractivity contribution >= 4 is 44.1 Å². The molecule has 1 amide bonds. The maximum atomic E-state index is 13.0. The lowest BCUT2D eigenvalue weighted by atomic mass is 10.1. The van der Waals surface area contributed by atoms with Gasteiger partial charge in [-0.2, -0.15) is 0 Å². The lowest BCUT2D eigenvalue weighted by Crippen LogP contribution is -2.17. The maximum absolute atomic E-state index is 13.0. The minimum Gasteiger partial charge on any atom is -0.488 e. The highest BCUT2D eigenvalue weighted by molar-refractivity contribution is 7.17. The second kappa shape index (κ2) is 7.38. The third-order valence-electron chi connectivity index (χ3n) is 5.09. The summed E-state index contributed by atoms with van der Waals surface area (Å²) in [4.78, 5) is 25.6. The molecular formula is C21H18N4O3S. The van der Waals surface area contributed by atoms with Gasteiger partial charge in [0.2, 0.25) is 0 Å². The van der Waals surface area contributed by atoms with Crippen molar-refractivity contribution < 1.29 is 14.6 Å². The molecule has 1 aliphatic carbocycles. The minimum atomic E-state index is -0.339. The Balaban J connectivity index is 1.50. The van der Waals surface area contributed by atoms with E-state index < -0.39 is 0 Å². The summed E-state index contributed by atoms with van der Waals surface area (Å²) in [5.74, 6) is 0.298. The first-order valence-corrected chi connectivity index (χ1v) is 10.3. The van der Waals surface area contributed by atoms with Crippen LogP contribution in [0.2, 0.25) is 0 Å². The van der Waals surface area contributed by atoms with E-state index in [1.54, 1.807) is 17.8 Å². The van der Waals surface area contributed by atoms with Crippen LogP contribution in [0, 0.1) is 0 Å². The normalized spacial score (nSPS) is 18.9. The summed E-state index contributed by atoms with van der Waals surface area (Å²) in [6.45, 7) is 0. The van der Waals surface area contributed by atoms with Gasteiger partial charge in [-0.3, -0.25) is 9.78 Å². The molecule has 7 nitrogen and oxygen atoms in total. The molecule has 1 aliphatic rings. The zero-order valence-corrected chi connectivity index (χ0v) is 16.2. The maximum Gasteiger partial charge on any atom is 0.258 e. The summed E-state index contributed by atoms with van der Waals surface area (Å²) in [5, 5.41) is 15.5. The number of nitrogens with one attached hydrogen (secondary N) is 1. The second-order valence-electron chi connectivity index (χ2n) is 7.09. The predicted octanol–water partition coefficient (Wildman–Crippen LogP) is 3.78. The number of aromatic nitrogens is 3. The molecule has 8 heteroatoms. The van der Waals surface area contributed by atoms with Crippen LogP contribution in [0.5, 0.6) is 5.75 Å². The number of rotatable bonds is 4. The van der Waals surface area contributed by atoms with Crippen LogP contribution in [0.4, 0.5) is 5.69 Å². The zero-order valence-electron chi connectivity index (χ0n) is 15.4. The van der Waals surface area contributed by atoms with Crippen molar-refractivity contribution in [1.29, 1.82) is 0 Å². The Kier molecular flexibility index (Phi) is 4.57. The number of nitrogens with zero attached hydrogens (tertiary/aromatic N) is 3. The number of amides is 1. The molecule has 0 spiro atoms. The average molecular weight is 406 g/mol. The number of carbonyl (C=O) groups excluding carboxylic acids is 1. The third kappa shape index (κ3) is 3.52. The highest BCUT2D eigenvalue weighted by Gasteiger charge is 2.26. The molecule has 3 heterocycles. The number of pyridine rings is 1. The van der Waals surface area contributed by atoms with Crippen LogP contribution in [-0.4, -0.2) is 38.2 Å². The van der Waals surface area contributed by atoms with Gasteiger partial charge in [0.1, 0.15) is 18.2 Å². The molecule has 2 atom stereocenters. The minimum absolute atomic E-state index is 0.0865. The van der Waals surface area contributed by atoms with E-state index in [0.717, 1.165) is 28.4 Å². The van der Waals surface area contributed by atoms with Crippen molar-refractivity contribution in [3.05, 3.63) is 53.9 Å². The van der Waals surface area contributed by atoms with Gasteiger partial charge in [0.05, 0.1) is 33.1 Å². The van der Waals surface area contributed by atoms with E-state index >= 15 is 0 Å². The van der Waals surface area contributed by atoms with E-state index in [1.807, 2.05) is 24.3 Å². The van der Waals surface area contributed by atoms with Crippen LogP contribution in [0.15, 0.2) is 48.4 Å². The molecule has 1 unspecified atom stereocenters. The van der Waals surface area contributed by atoms with Gasteiger partial charge in [0.15, 0.2) is 0 Å². The molecule has 5 rings (SSSR count). The highest BCUT2D eigenvalue weighted by Crippen LogP contribution is 2.34. The molecule has 0 aliphatic heterocycles. The predicted molar refractivity (Wildman–Crippen MR) is 111 cm³/mol. The first kappa shape index (κ1) is 18.0. The number of hydrogen-bond acceptors (Lipinski definition) is 7. The van der Waals surface area contributed by atoms with Crippen molar-refractivity contribution in [2.45, 2.75) is 31.5 Å². The van der Waals surface area contributed by atoms with Crippen LogP contribution < -0.4 is 10.1 Å². The van der Waals surface area contributed by atoms with Crippen LogP contribution in [0.1, 0.15) is 29.6 Å².